The predicted molar refractivity (Wildman–Crippen MR) is 96.3 cm³/mol. The van der Waals surface area contributed by atoms with Gasteiger partial charge in [-0.2, -0.15) is 5.10 Å². The molecule has 0 aliphatic carbocycles. The summed E-state index contributed by atoms with van der Waals surface area (Å²) in [6.45, 7) is 0. The Morgan fingerprint density at radius 1 is 1.04 bits per heavy atom. The molecule has 3 aromatic rings. The van der Waals surface area contributed by atoms with Gasteiger partial charge in [-0.1, -0.05) is 30.3 Å². The number of fused-ring (bicyclic) bond motifs is 1. The van der Waals surface area contributed by atoms with Crippen molar-refractivity contribution < 1.29 is 14.3 Å². The summed E-state index contributed by atoms with van der Waals surface area (Å²) in [5, 5.41) is 4.96. The number of hydrazone groups is 1. The molecule has 1 aromatic heterocycles. The topological polar surface area (TPSA) is 72.8 Å². The number of hydrogen-bond donors (Lipinski definition) is 1. The van der Waals surface area contributed by atoms with Crippen molar-refractivity contribution >= 4 is 23.0 Å². The van der Waals surface area contributed by atoms with Crippen LogP contribution < -0.4 is 14.9 Å². The minimum Gasteiger partial charge on any atom is -0.493 e. The molecule has 1 N–H and O–H groups in total. The first-order valence-corrected chi connectivity index (χ1v) is 7.63. The Morgan fingerprint density at radius 2 is 1.88 bits per heavy atom. The van der Waals surface area contributed by atoms with Gasteiger partial charge in [0, 0.05) is 10.9 Å². The first kappa shape index (κ1) is 16.4. The van der Waals surface area contributed by atoms with Crippen LogP contribution in [-0.2, 0) is 0 Å². The van der Waals surface area contributed by atoms with Crippen LogP contribution in [0.25, 0.3) is 10.9 Å². The van der Waals surface area contributed by atoms with Gasteiger partial charge in [-0.3, -0.25) is 4.79 Å². The summed E-state index contributed by atoms with van der Waals surface area (Å²) in [5.41, 5.74) is 4.22. The molecule has 0 aliphatic heterocycles. The average Bonchev–Trinajstić information content (AvgIpc) is 2.67. The predicted octanol–water partition coefficient (Wildman–Crippen LogP) is 3.02. The third-order valence-corrected chi connectivity index (χ3v) is 3.63. The first-order valence-electron chi connectivity index (χ1n) is 7.63. The fourth-order valence-corrected chi connectivity index (χ4v) is 2.42. The van der Waals surface area contributed by atoms with Gasteiger partial charge in [-0.25, -0.2) is 10.4 Å². The number of rotatable bonds is 5. The Hall–Kier alpha value is -3.41. The molecular formula is C19H17N3O3. The standard InChI is InChI=1S/C19H17N3O3/c1-24-17-9-5-7-14(18(17)25-2)12-20-22-19(23)16-11-10-13-6-3-4-8-15(13)21-16/h3-12H,1-2H3,(H,22,23). The van der Waals surface area contributed by atoms with Gasteiger partial charge in [0.2, 0.25) is 0 Å². The smallest absolute Gasteiger partial charge is 0.289 e. The minimum absolute atomic E-state index is 0.299. The van der Waals surface area contributed by atoms with E-state index in [2.05, 4.69) is 15.5 Å². The lowest BCUT2D eigenvalue weighted by atomic mass is 10.2. The zero-order chi connectivity index (χ0) is 17.6. The van der Waals surface area contributed by atoms with Crippen LogP contribution in [0.4, 0.5) is 0 Å². The van der Waals surface area contributed by atoms with E-state index in [0.29, 0.717) is 22.8 Å². The van der Waals surface area contributed by atoms with E-state index >= 15 is 0 Å². The van der Waals surface area contributed by atoms with Gasteiger partial charge >= 0.3 is 0 Å². The maximum Gasteiger partial charge on any atom is 0.289 e. The number of pyridine rings is 1. The molecular weight excluding hydrogens is 318 g/mol. The van der Waals surface area contributed by atoms with Gasteiger partial charge in [-0.15, -0.1) is 0 Å². The number of carbonyl (C=O) groups excluding carboxylic acids is 1. The molecule has 0 atom stereocenters. The molecule has 1 heterocycles. The fraction of sp³-hybridized carbons (Fsp3) is 0.105. The minimum atomic E-state index is -0.385. The van der Waals surface area contributed by atoms with Gasteiger partial charge in [-0.05, 0) is 24.3 Å². The van der Waals surface area contributed by atoms with Crippen molar-refractivity contribution in [2.45, 2.75) is 0 Å². The van der Waals surface area contributed by atoms with Crippen LogP contribution in [0.5, 0.6) is 11.5 Å². The normalized spacial score (nSPS) is 10.8. The van der Waals surface area contributed by atoms with Gasteiger partial charge in [0.05, 0.1) is 26.0 Å². The number of hydrogen-bond acceptors (Lipinski definition) is 5. The number of nitrogens with zero attached hydrogens (tertiary/aromatic N) is 2. The van der Waals surface area contributed by atoms with Crippen LogP contribution in [0.15, 0.2) is 59.7 Å². The molecule has 2 aromatic carbocycles. The fourth-order valence-electron chi connectivity index (χ4n) is 2.42. The van der Waals surface area contributed by atoms with Crippen LogP contribution in [0.1, 0.15) is 16.1 Å². The van der Waals surface area contributed by atoms with Crippen molar-refractivity contribution in [3.8, 4) is 11.5 Å². The number of carbonyl (C=O) groups is 1. The SMILES string of the molecule is COc1cccc(C=NNC(=O)c2ccc3ccccc3n2)c1OC. The van der Waals surface area contributed by atoms with Crippen LogP contribution in [0.3, 0.4) is 0 Å². The highest BCUT2D eigenvalue weighted by Crippen LogP contribution is 2.29. The second-order valence-electron chi connectivity index (χ2n) is 5.17. The van der Waals surface area contributed by atoms with E-state index in [9.17, 15) is 4.79 Å². The van der Waals surface area contributed by atoms with Gasteiger partial charge in [0.25, 0.3) is 5.91 Å². The lowest BCUT2D eigenvalue weighted by Crippen LogP contribution is -2.19. The van der Waals surface area contributed by atoms with E-state index in [1.807, 2.05) is 42.5 Å². The summed E-state index contributed by atoms with van der Waals surface area (Å²) < 4.78 is 10.5. The highest BCUT2D eigenvalue weighted by atomic mass is 16.5. The maximum atomic E-state index is 12.2. The number of para-hydroxylation sites is 2. The maximum absolute atomic E-state index is 12.2. The quantitative estimate of drug-likeness (QED) is 0.575. The van der Waals surface area contributed by atoms with Crippen molar-refractivity contribution in [2.75, 3.05) is 14.2 Å². The van der Waals surface area contributed by atoms with Crippen molar-refractivity contribution in [3.63, 3.8) is 0 Å². The molecule has 3 rings (SSSR count). The summed E-state index contributed by atoms with van der Waals surface area (Å²) >= 11 is 0. The highest BCUT2D eigenvalue weighted by molar-refractivity contribution is 5.95. The summed E-state index contributed by atoms with van der Waals surface area (Å²) in [4.78, 5) is 16.5. The van der Waals surface area contributed by atoms with E-state index in [1.54, 1.807) is 26.4 Å². The molecule has 6 nitrogen and oxygen atoms in total. The number of ether oxygens (including phenoxy) is 2. The van der Waals surface area contributed by atoms with E-state index in [-0.39, 0.29) is 5.91 Å². The van der Waals surface area contributed by atoms with Crippen LogP contribution in [0, 0.1) is 0 Å². The van der Waals surface area contributed by atoms with E-state index in [4.69, 9.17) is 9.47 Å². The van der Waals surface area contributed by atoms with Crippen molar-refractivity contribution in [1.29, 1.82) is 0 Å². The van der Waals surface area contributed by atoms with Crippen molar-refractivity contribution in [3.05, 3.63) is 65.9 Å². The van der Waals surface area contributed by atoms with Gasteiger partial charge in [0.1, 0.15) is 5.69 Å². The number of amides is 1. The summed E-state index contributed by atoms with van der Waals surface area (Å²) in [7, 11) is 3.11. The lowest BCUT2D eigenvalue weighted by molar-refractivity contribution is 0.0950. The Labute approximate surface area is 145 Å². The van der Waals surface area contributed by atoms with Crippen LogP contribution in [0.2, 0.25) is 0 Å². The molecule has 25 heavy (non-hydrogen) atoms. The molecule has 0 bridgehead atoms. The molecule has 1 amide bonds. The number of benzene rings is 2. The Morgan fingerprint density at radius 3 is 2.68 bits per heavy atom. The molecule has 0 aliphatic rings. The Kier molecular flexibility index (Phi) is 4.89. The number of methoxy groups -OCH3 is 2. The van der Waals surface area contributed by atoms with Crippen molar-refractivity contribution in [2.24, 2.45) is 5.10 Å². The summed E-state index contributed by atoms with van der Waals surface area (Å²) in [6.07, 6.45) is 1.50. The van der Waals surface area contributed by atoms with Crippen molar-refractivity contribution in [1.82, 2.24) is 10.4 Å². The molecule has 0 unspecified atom stereocenters. The first-order chi connectivity index (χ1) is 12.2. The average molecular weight is 335 g/mol. The third-order valence-electron chi connectivity index (χ3n) is 3.63. The van der Waals surface area contributed by atoms with E-state index < -0.39 is 0 Å². The van der Waals surface area contributed by atoms with Crippen LogP contribution in [-0.4, -0.2) is 31.3 Å². The lowest BCUT2D eigenvalue weighted by Gasteiger charge is -2.09. The summed E-state index contributed by atoms with van der Waals surface area (Å²) in [5.74, 6) is 0.754. The van der Waals surface area contributed by atoms with Gasteiger partial charge < -0.3 is 9.47 Å². The monoisotopic (exact) mass is 335 g/mol. The molecule has 126 valence electrons. The van der Waals surface area contributed by atoms with E-state index in [1.165, 1.54) is 6.21 Å². The molecule has 0 saturated heterocycles. The Bertz CT molecular complexity index is 938. The third kappa shape index (κ3) is 3.58. The second-order valence-corrected chi connectivity index (χ2v) is 5.17. The van der Waals surface area contributed by atoms with E-state index in [0.717, 1.165) is 10.9 Å². The van der Waals surface area contributed by atoms with Gasteiger partial charge in [0.15, 0.2) is 11.5 Å². The molecule has 0 radical (unpaired) electrons. The highest BCUT2D eigenvalue weighted by Gasteiger charge is 2.09. The molecule has 0 fully saturated rings. The molecule has 0 spiro atoms. The zero-order valence-corrected chi connectivity index (χ0v) is 13.9. The van der Waals surface area contributed by atoms with Crippen LogP contribution >= 0.6 is 0 Å². The molecule has 0 saturated carbocycles. The largest absolute Gasteiger partial charge is 0.493 e. The number of aromatic nitrogens is 1. The zero-order valence-electron chi connectivity index (χ0n) is 13.9. The second kappa shape index (κ2) is 7.44. The Balaban J connectivity index is 1.76. The summed E-state index contributed by atoms with van der Waals surface area (Å²) in [6, 6.07) is 16.5. The molecule has 6 heteroatoms. The number of nitrogens with one attached hydrogen (secondary N) is 1.